The van der Waals surface area contributed by atoms with Gasteiger partial charge in [-0.3, -0.25) is 0 Å². The predicted molar refractivity (Wildman–Crippen MR) is 83.1 cm³/mol. The lowest BCUT2D eigenvalue weighted by molar-refractivity contribution is 0.0598. The third-order valence-electron chi connectivity index (χ3n) is 3.34. The fourth-order valence-corrected chi connectivity index (χ4v) is 2.64. The molecule has 0 saturated heterocycles. The van der Waals surface area contributed by atoms with Gasteiger partial charge in [0.1, 0.15) is 5.60 Å². The molecule has 0 fully saturated rings. The second kappa shape index (κ2) is 8.24. The molecule has 0 aliphatic heterocycles. The van der Waals surface area contributed by atoms with Gasteiger partial charge in [-0.1, -0.05) is 13.8 Å². The topological polar surface area (TPSA) is 64.6 Å². The summed E-state index contributed by atoms with van der Waals surface area (Å²) in [5, 5.41) is 19.6. The summed E-state index contributed by atoms with van der Waals surface area (Å²) in [4.78, 5) is 13.9. The second-order valence-electron chi connectivity index (χ2n) is 4.92. The third kappa shape index (κ3) is 5.48. The fraction of sp³-hybridized carbons (Fsp3) is 0.643. The molecule has 2 amide bonds. The van der Waals surface area contributed by atoms with Gasteiger partial charge in [0.25, 0.3) is 0 Å². The van der Waals surface area contributed by atoms with Crippen molar-refractivity contribution in [3.8, 4) is 0 Å². The van der Waals surface area contributed by atoms with E-state index in [2.05, 4.69) is 29.4 Å². The maximum Gasteiger partial charge on any atom is 0.314 e. The number of nitrogens with one attached hydrogen (secondary N) is 2. The van der Waals surface area contributed by atoms with Gasteiger partial charge < -0.3 is 20.6 Å². The van der Waals surface area contributed by atoms with Crippen LogP contribution in [-0.4, -0.2) is 48.8 Å². The Bertz CT molecular complexity index is 389. The van der Waals surface area contributed by atoms with Crippen molar-refractivity contribution in [2.24, 2.45) is 0 Å². The van der Waals surface area contributed by atoms with E-state index in [-0.39, 0.29) is 12.6 Å². The Hall–Kier alpha value is -1.11. The molecule has 5 nitrogen and oxygen atoms in total. The van der Waals surface area contributed by atoms with Crippen LogP contribution >= 0.6 is 11.3 Å². The summed E-state index contributed by atoms with van der Waals surface area (Å²) >= 11 is 1.53. The highest BCUT2D eigenvalue weighted by Crippen LogP contribution is 2.21. The van der Waals surface area contributed by atoms with Crippen molar-refractivity contribution >= 4 is 17.4 Å². The number of amides is 2. The highest BCUT2D eigenvalue weighted by Gasteiger charge is 2.23. The average molecular weight is 299 g/mol. The Morgan fingerprint density at radius 2 is 2.10 bits per heavy atom. The predicted octanol–water partition coefficient (Wildman–Crippen LogP) is 1.60. The molecule has 3 N–H and O–H groups in total. The Balaban J connectivity index is 2.26. The number of urea groups is 1. The molecule has 1 aromatic rings. The van der Waals surface area contributed by atoms with E-state index in [4.69, 9.17) is 0 Å². The number of carbonyl (C=O) groups is 1. The quantitative estimate of drug-likeness (QED) is 0.683. The average Bonchev–Trinajstić information content (AvgIpc) is 2.96. The number of carbonyl (C=O) groups excluding carboxylic acids is 1. The van der Waals surface area contributed by atoms with E-state index in [0.717, 1.165) is 25.2 Å². The first-order chi connectivity index (χ1) is 9.49. The summed E-state index contributed by atoms with van der Waals surface area (Å²) in [7, 11) is 0. The summed E-state index contributed by atoms with van der Waals surface area (Å²) in [5.74, 6) is 0. The number of rotatable bonds is 8. The monoisotopic (exact) mass is 299 g/mol. The maximum atomic E-state index is 11.7. The van der Waals surface area contributed by atoms with Gasteiger partial charge in [-0.05, 0) is 42.4 Å². The first-order valence-corrected chi connectivity index (χ1v) is 7.93. The minimum absolute atomic E-state index is 0.195. The molecule has 20 heavy (non-hydrogen) atoms. The van der Waals surface area contributed by atoms with E-state index in [1.54, 1.807) is 6.92 Å². The van der Waals surface area contributed by atoms with Crippen molar-refractivity contribution in [1.29, 1.82) is 0 Å². The van der Waals surface area contributed by atoms with Gasteiger partial charge in [0.2, 0.25) is 0 Å². The molecule has 1 aromatic heterocycles. The molecule has 114 valence electrons. The van der Waals surface area contributed by atoms with Crippen LogP contribution < -0.4 is 10.6 Å². The van der Waals surface area contributed by atoms with Crippen molar-refractivity contribution < 1.29 is 9.90 Å². The summed E-state index contributed by atoms with van der Waals surface area (Å²) in [6, 6.07) is 1.62. The van der Waals surface area contributed by atoms with Crippen molar-refractivity contribution in [2.45, 2.75) is 26.4 Å². The normalized spacial score (nSPS) is 14.1. The van der Waals surface area contributed by atoms with E-state index in [0.29, 0.717) is 6.54 Å². The van der Waals surface area contributed by atoms with Crippen molar-refractivity contribution in [3.63, 3.8) is 0 Å². The molecule has 6 heteroatoms. The number of thiophene rings is 1. The zero-order valence-corrected chi connectivity index (χ0v) is 13.3. The molecule has 0 aliphatic carbocycles. The lowest BCUT2D eigenvalue weighted by atomic mass is 9.99. The zero-order valence-electron chi connectivity index (χ0n) is 12.5. The molecular weight excluding hydrogens is 274 g/mol. The second-order valence-corrected chi connectivity index (χ2v) is 5.70. The van der Waals surface area contributed by atoms with Gasteiger partial charge in [0.15, 0.2) is 0 Å². The molecule has 1 atom stereocenters. The molecule has 0 saturated carbocycles. The molecule has 1 unspecified atom stereocenters. The molecule has 1 rings (SSSR count). The minimum Gasteiger partial charge on any atom is -0.384 e. The van der Waals surface area contributed by atoms with E-state index < -0.39 is 5.60 Å². The first-order valence-electron chi connectivity index (χ1n) is 6.98. The minimum atomic E-state index is -1.03. The highest BCUT2D eigenvalue weighted by molar-refractivity contribution is 7.08. The number of aliphatic hydroxyl groups is 1. The van der Waals surface area contributed by atoms with Crippen LogP contribution in [-0.2, 0) is 5.60 Å². The van der Waals surface area contributed by atoms with E-state index in [1.165, 1.54) is 11.3 Å². The number of hydrogen-bond donors (Lipinski definition) is 3. The lowest BCUT2D eigenvalue weighted by Crippen LogP contribution is -2.45. The number of nitrogens with zero attached hydrogens (tertiary/aromatic N) is 1. The van der Waals surface area contributed by atoms with Crippen molar-refractivity contribution in [1.82, 2.24) is 15.5 Å². The number of hydrogen-bond acceptors (Lipinski definition) is 4. The van der Waals surface area contributed by atoms with Crippen LogP contribution in [0.3, 0.4) is 0 Å². The van der Waals surface area contributed by atoms with Crippen LogP contribution in [0.25, 0.3) is 0 Å². The van der Waals surface area contributed by atoms with Gasteiger partial charge in [0, 0.05) is 13.1 Å². The molecule has 0 aliphatic rings. The van der Waals surface area contributed by atoms with Crippen molar-refractivity contribution in [2.75, 3.05) is 32.7 Å². The Morgan fingerprint density at radius 3 is 2.65 bits per heavy atom. The van der Waals surface area contributed by atoms with Crippen LogP contribution in [0.2, 0.25) is 0 Å². The van der Waals surface area contributed by atoms with Crippen LogP contribution in [0.15, 0.2) is 16.8 Å². The van der Waals surface area contributed by atoms with Crippen LogP contribution in [0, 0.1) is 0 Å². The van der Waals surface area contributed by atoms with Gasteiger partial charge in [-0.25, -0.2) is 4.79 Å². The van der Waals surface area contributed by atoms with Crippen LogP contribution in [0.5, 0.6) is 0 Å². The van der Waals surface area contributed by atoms with Crippen LogP contribution in [0.4, 0.5) is 4.79 Å². The Kier molecular flexibility index (Phi) is 6.98. The Morgan fingerprint density at radius 1 is 1.40 bits per heavy atom. The van der Waals surface area contributed by atoms with E-state index >= 15 is 0 Å². The standard InChI is InChI=1S/C14H25N3O2S/c1-4-17(5-2)8-7-15-13(18)16-11-14(3,19)12-6-9-20-10-12/h6,9-10,19H,4-5,7-8,11H2,1-3H3,(H2,15,16,18). The summed E-state index contributed by atoms with van der Waals surface area (Å²) < 4.78 is 0. The summed E-state index contributed by atoms with van der Waals surface area (Å²) in [5.41, 5.74) is -0.207. The van der Waals surface area contributed by atoms with Gasteiger partial charge in [-0.2, -0.15) is 11.3 Å². The molecule has 0 spiro atoms. The van der Waals surface area contributed by atoms with E-state index in [9.17, 15) is 9.90 Å². The fourth-order valence-electron chi connectivity index (χ4n) is 1.86. The summed E-state index contributed by atoms with van der Waals surface area (Å²) in [6.07, 6.45) is 0. The van der Waals surface area contributed by atoms with E-state index in [1.807, 2.05) is 16.8 Å². The SMILES string of the molecule is CCN(CC)CCNC(=O)NCC(C)(O)c1ccsc1. The first kappa shape index (κ1) is 16.9. The Labute approximate surface area is 125 Å². The molecule has 0 aromatic carbocycles. The maximum absolute atomic E-state index is 11.7. The zero-order chi connectivity index (χ0) is 15.0. The van der Waals surface area contributed by atoms with Gasteiger partial charge >= 0.3 is 6.03 Å². The third-order valence-corrected chi connectivity index (χ3v) is 4.03. The van der Waals surface area contributed by atoms with Crippen LogP contribution in [0.1, 0.15) is 26.3 Å². The molecule has 1 heterocycles. The lowest BCUT2D eigenvalue weighted by Gasteiger charge is -2.23. The largest absolute Gasteiger partial charge is 0.384 e. The molecule has 0 bridgehead atoms. The molecular formula is C14H25N3O2S. The smallest absolute Gasteiger partial charge is 0.314 e. The molecule has 0 radical (unpaired) electrons. The summed E-state index contributed by atoms with van der Waals surface area (Å²) in [6.45, 7) is 9.49. The number of likely N-dealkylation sites (N-methyl/N-ethyl adjacent to an activating group) is 1. The van der Waals surface area contributed by atoms with Gasteiger partial charge in [-0.15, -0.1) is 0 Å². The van der Waals surface area contributed by atoms with Gasteiger partial charge in [0.05, 0.1) is 6.54 Å². The highest BCUT2D eigenvalue weighted by atomic mass is 32.1. The van der Waals surface area contributed by atoms with Crippen molar-refractivity contribution in [3.05, 3.63) is 22.4 Å².